The zero-order valence-electron chi connectivity index (χ0n) is 16.1. The number of nitrogens with zero attached hydrogens (tertiary/aromatic N) is 2. The number of carbonyl (C=O) groups excluding carboxylic acids is 1. The summed E-state index contributed by atoms with van der Waals surface area (Å²) in [5.41, 5.74) is 1.83. The first kappa shape index (κ1) is 19.7. The zero-order chi connectivity index (χ0) is 21.1. The Morgan fingerprint density at radius 1 is 1.10 bits per heavy atom. The number of aromatic nitrogens is 2. The van der Waals surface area contributed by atoms with Gasteiger partial charge in [-0.05, 0) is 49.4 Å². The zero-order valence-corrected chi connectivity index (χ0v) is 16.9. The highest BCUT2D eigenvalue weighted by molar-refractivity contribution is 6.31. The Kier molecular flexibility index (Phi) is 5.50. The van der Waals surface area contributed by atoms with Crippen LogP contribution in [0.1, 0.15) is 5.56 Å². The lowest BCUT2D eigenvalue weighted by molar-refractivity contribution is -0.116. The van der Waals surface area contributed by atoms with E-state index in [9.17, 15) is 9.59 Å². The van der Waals surface area contributed by atoms with Crippen LogP contribution in [-0.2, 0) is 11.3 Å². The second-order valence-electron chi connectivity index (χ2n) is 6.80. The van der Waals surface area contributed by atoms with Gasteiger partial charge in [0.05, 0.1) is 22.9 Å². The van der Waals surface area contributed by atoms with Gasteiger partial charge in [-0.3, -0.25) is 14.2 Å². The number of para-hydroxylation sites is 1. The molecule has 0 unspecified atom stereocenters. The summed E-state index contributed by atoms with van der Waals surface area (Å²) in [6.45, 7) is 1.80. The molecule has 0 aliphatic rings. The Morgan fingerprint density at radius 3 is 2.67 bits per heavy atom. The van der Waals surface area contributed by atoms with Crippen LogP contribution in [0.4, 0.5) is 5.69 Å². The van der Waals surface area contributed by atoms with Gasteiger partial charge in [-0.25, -0.2) is 4.98 Å². The molecule has 1 N–H and O–H groups in total. The topological polar surface area (TPSA) is 73.2 Å². The molecule has 0 fully saturated rings. The van der Waals surface area contributed by atoms with Gasteiger partial charge in [0.2, 0.25) is 5.91 Å². The third-order valence-corrected chi connectivity index (χ3v) is 4.75. The molecule has 1 heterocycles. The van der Waals surface area contributed by atoms with Crippen LogP contribution in [0.25, 0.3) is 10.9 Å². The predicted octanol–water partition coefficient (Wildman–Crippen LogP) is 4.79. The summed E-state index contributed by atoms with van der Waals surface area (Å²) in [6.07, 6.45) is 1.37. The minimum Gasteiger partial charge on any atom is -0.455 e. The number of hydrogen-bond acceptors (Lipinski definition) is 4. The number of ether oxygens (including phenoxy) is 1. The molecule has 0 spiro atoms. The van der Waals surface area contributed by atoms with Gasteiger partial charge in [0, 0.05) is 5.02 Å². The predicted molar refractivity (Wildman–Crippen MR) is 117 cm³/mol. The summed E-state index contributed by atoms with van der Waals surface area (Å²) in [4.78, 5) is 29.5. The first-order valence-electron chi connectivity index (χ1n) is 9.28. The molecule has 0 saturated heterocycles. The van der Waals surface area contributed by atoms with E-state index in [4.69, 9.17) is 16.3 Å². The van der Waals surface area contributed by atoms with Gasteiger partial charge >= 0.3 is 0 Å². The second-order valence-corrected chi connectivity index (χ2v) is 7.23. The summed E-state index contributed by atoms with van der Waals surface area (Å²) in [5.74, 6) is 0.680. The van der Waals surface area contributed by atoms with Crippen LogP contribution in [0, 0.1) is 6.92 Å². The van der Waals surface area contributed by atoms with E-state index in [2.05, 4.69) is 10.3 Å². The SMILES string of the molecule is Cc1ccc(Oc2ccc(Cl)cc2NC(=O)Cn2cnc3ccccc3c2=O)cc1. The lowest BCUT2D eigenvalue weighted by Crippen LogP contribution is -2.28. The Hall–Kier alpha value is -3.64. The summed E-state index contributed by atoms with van der Waals surface area (Å²) in [5, 5.41) is 3.68. The molecule has 6 nitrogen and oxygen atoms in total. The standard InChI is InChI=1S/C23H18ClN3O3/c1-15-6-9-17(10-7-15)30-21-11-8-16(24)12-20(21)26-22(28)13-27-14-25-19-5-3-2-4-18(19)23(27)29/h2-12,14H,13H2,1H3,(H,26,28). The van der Waals surface area contributed by atoms with Gasteiger partial charge in [-0.1, -0.05) is 41.4 Å². The highest BCUT2D eigenvalue weighted by Gasteiger charge is 2.12. The van der Waals surface area contributed by atoms with Gasteiger partial charge < -0.3 is 10.1 Å². The van der Waals surface area contributed by atoms with Gasteiger partial charge in [0.1, 0.15) is 12.3 Å². The summed E-state index contributed by atoms with van der Waals surface area (Å²) < 4.78 is 7.16. The van der Waals surface area contributed by atoms with E-state index in [-0.39, 0.29) is 12.1 Å². The monoisotopic (exact) mass is 419 g/mol. The first-order chi connectivity index (χ1) is 14.5. The van der Waals surface area contributed by atoms with E-state index < -0.39 is 5.91 Å². The van der Waals surface area contributed by atoms with E-state index >= 15 is 0 Å². The fourth-order valence-electron chi connectivity index (χ4n) is 2.99. The molecule has 1 aromatic heterocycles. The third-order valence-electron chi connectivity index (χ3n) is 4.51. The molecule has 1 amide bonds. The minimum atomic E-state index is -0.398. The van der Waals surface area contributed by atoms with Crippen molar-refractivity contribution < 1.29 is 9.53 Å². The molecular weight excluding hydrogens is 402 g/mol. The van der Waals surface area contributed by atoms with Gasteiger partial charge in [0.15, 0.2) is 5.75 Å². The van der Waals surface area contributed by atoms with E-state index in [0.717, 1.165) is 5.56 Å². The fourth-order valence-corrected chi connectivity index (χ4v) is 3.16. The van der Waals surface area contributed by atoms with E-state index in [1.54, 1.807) is 42.5 Å². The third kappa shape index (κ3) is 4.34. The van der Waals surface area contributed by atoms with Crippen molar-refractivity contribution in [1.82, 2.24) is 9.55 Å². The number of nitrogens with one attached hydrogen (secondary N) is 1. The molecule has 3 aromatic carbocycles. The maximum Gasteiger partial charge on any atom is 0.261 e. The maximum absolute atomic E-state index is 12.6. The quantitative estimate of drug-likeness (QED) is 0.504. The molecule has 0 atom stereocenters. The van der Waals surface area contributed by atoms with Crippen LogP contribution < -0.4 is 15.6 Å². The normalized spacial score (nSPS) is 10.7. The molecule has 0 bridgehead atoms. The van der Waals surface area contributed by atoms with Crippen molar-refractivity contribution in [2.45, 2.75) is 13.5 Å². The summed E-state index contributed by atoms with van der Waals surface area (Å²) in [6, 6.07) is 19.5. The Morgan fingerprint density at radius 2 is 1.87 bits per heavy atom. The molecule has 0 aliphatic heterocycles. The molecule has 30 heavy (non-hydrogen) atoms. The minimum absolute atomic E-state index is 0.187. The van der Waals surface area contributed by atoms with Crippen molar-refractivity contribution >= 4 is 34.1 Å². The maximum atomic E-state index is 12.6. The van der Waals surface area contributed by atoms with Crippen LogP contribution >= 0.6 is 11.6 Å². The average molecular weight is 420 g/mol. The molecule has 0 radical (unpaired) electrons. The number of carbonyl (C=O) groups is 1. The van der Waals surface area contributed by atoms with E-state index in [1.807, 2.05) is 31.2 Å². The Balaban J connectivity index is 1.56. The number of amides is 1. The number of anilines is 1. The fraction of sp³-hybridized carbons (Fsp3) is 0.0870. The molecule has 7 heteroatoms. The largest absolute Gasteiger partial charge is 0.455 e. The Labute approximate surface area is 177 Å². The molecule has 0 aliphatic carbocycles. The number of aryl methyl sites for hydroxylation is 1. The average Bonchev–Trinajstić information content (AvgIpc) is 2.74. The van der Waals surface area contributed by atoms with Gasteiger partial charge in [-0.15, -0.1) is 0 Å². The van der Waals surface area contributed by atoms with E-state index in [1.165, 1.54) is 10.9 Å². The molecule has 150 valence electrons. The van der Waals surface area contributed by atoms with Crippen molar-refractivity contribution in [2.24, 2.45) is 0 Å². The molecule has 4 aromatic rings. The van der Waals surface area contributed by atoms with Gasteiger partial charge in [0.25, 0.3) is 5.56 Å². The number of halogens is 1. The van der Waals surface area contributed by atoms with Gasteiger partial charge in [-0.2, -0.15) is 0 Å². The van der Waals surface area contributed by atoms with E-state index in [0.29, 0.717) is 33.1 Å². The number of fused-ring (bicyclic) bond motifs is 1. The number of rotatable bonds is 5. The molecular formula is C23H18ClN3O3. The van der Waals surface area contributed by atoms with Crippen molar-refractivity contribution in [3.63, 3.8) is 0 Å². The van der Waals surface area contributed by atoms with Crippen LogP contribution in [0.5, 0.6) is 11.5 Å². The van der Waals surface area contributed by atoms with Crippen molar-refractivity contribution in [2.75, 3.05) is 5.32 Å². The summed E-state index contributed by atoms with van der Waals surface area (Å²) >= 11 is 6.10. The second kappa shape index (κ2) is 8.39. The van der Waals surface area contributed by atoms with Crippen LogP contribution in [0.2, 0.25) is 5.02 Å². The smallest absolute Gasteiger partial charge is 0.261 e. The highest BCUT2D eigenvalue weighted by atomic mass is 35.5. The highest BCUT2D eigenvalue weighted by Crippen LogP contribution is 2.32. The summed E-state index contributed by atoms with van der Waals surface area (Å²) in [7, 11) is 0. The lowest BCUT2D eigenvalue weighted by Gasteiger charge is -2.13. The molecule has 0 saturated carbocycles. The Bertz CT molecular complexity index is 1280. The lowest BCUT2D eigenvalue weighted by atomic mass is 10.2. The van der Waals surface area contributed by atoms with Crippen LogP contribution in [-0.4, -0.2) is 15.5 Å². The van der Waals surface area contributed by atoms with Crippen molar-refractivity contribution in [1.29, 1.82) is 0 Å². The number of hydrogen-bond donors (Lipinski definition) is 1. The first-order valence-corrected chi connectivity index (χ1v) is 9.65. The van der Waals surface area contributed by atoms with Crippen molar-refractivity contribution in [3.05, 3.63) is 94.0 Å². The molecule has 4 rings (SSSR count). The van der Waals surface area contributed by atoms with Crippen molar-refractivity contribution in [3.8, 4) is 11.5 Å². The number of benzene rings is 3. The van der Waals surface area contributed by atoms with Crippen LogP contribution in [0.15, 0.2) is 77.9 Å². The van der Waals surface area contributed by atoms with Crippen LogP contribution in [0.3, 0.4) is 0 Å².